The number of nitrogens with zero attached hydrogens (tertiary/aromatic N) is 7. The molecule has 2 fully saturated rings. The number of aromatic nitrogens is 3. The third-order valence-corrected chi connectivity index (χ3v) is 10.5. The minimum Gasteiger partial charge on any atom is -1.00 e. The van der Waals surface area contributed by atoms with Crippen molar-refractivity contribution in [2.45, 2.75) is 57.0 Å². The summed E-state index contributed by atoms with van der Waals surface area (Å²) < 4.78 is 44.9. The zero-order valence-corrected chi connectivity index (χ0v) is 31.5. The Morgan fingerprint density at radius 1 is 1.13 bits per heavy atom. The van der Waals surface area contributed by atoms with Crippen molar-refractivity contribution in [1.82, 2.24) is 24.7 Å². The van der Waals surface area contributed by atoms with Crippen LogP contribution in [0, 0.1) is 17.6 Å². The molecule has 5 atom stereocenters. The molecule has 7 rings (SSSR count). The molecule has 3 aliphatic heterocycles. The van der Waals surface area contributed by atoms with E-state index in [4.69, 9.17) is 9.47 Å². The highest BCUT2D eigenvalue weighted by Gasteiger charge is 2.40. The monoisotopic (exact) mass is 776 g/mol. The molecule has 4 heterocycles. The van der Waals surface area contributed by atoms with Gasteiger partial charge in [0.2, 0.25) is 0 Å². The highest BCUT2D eigenvalue weighted by atomic mass is 35.5. The van der Waals surface area contributed by atoms with E-state index in [-0.39, 0.29) is 48.6 Å². The standard InChI is InChI=1S/C37H46F2N8O4.2ClH/c1-3-34(27(2)48)47-36(49)45(25-41-47)37(13-5-4-6-14-37)44-17-15-43(16-18-44)30-8-10-31(11-9-30)50-22-28-19-32(51-23-28)21-42-24-40-46(26-42)35-12-7-29(38)20-33(35)39;;/h4-13,20,24-25,27-28,32,34,48H,3,14-19,21-23,26H2,1-2H3;2*1H/t27-,28-,32+,34-,37?;;/m0../s1. The van der Waals surface area contributed by atoms with Crippen LogP contribution in [0.1, 0.15) is 39.2 Å². The van der Waals surface area contributed by atoms with Gasteiger partial charge in [-0.3, -0.25) is 9.47 Å². The van der Waals surface area contributed by atoms with E-state index in [0.29, 0.717) is 45.0 Å². The Hall–Kier alpha value is -3.95. The summed E-state index contributed by atoms with van der Waals surface area (Å²) in [6.45, 7) is 9.02. The topological polar surface area (TPSA) is 103 Å². The third kappa shape index (κ3) is 8.57. The number of hydrazine groups is 1. The molecule has 53 heavy (non-hydrogen) atoms. The first kappa shape index (κ1) is 40.2. The largest absolute Gasteiger partial charge is 1.00 e. The first-order chi connectivity index (χ1) is 24.7. The number of allylic oxidation sites excluding steroid dienone is 2. The van der Waals surface area contributed by atoms with E-state index >= 15 is 0 Å². The molecular weight excluding hydrogens is 729 g/mol. The van der Waals surface area contributed by atoms with Crippen LogP contribution < -0.4 is 38.2 Å². The summed E-state index contributed by atoms with van der Waals surface area (Å²) >= 11 is 0. The predicted octanol–water partition coefficient (Wildman–Crippen LogP) is 0.879. The van der Waals surface area contributed by atoms with Crippen molar-refractivity contribution in [1.29, 1.82) is 0 Å². The maximum absolute atomic E-state index is 14.2. The van der Waals surface area contributed by atoms with Crippen LogP contribution in [-0.2, 0) is 10.4 Å². The first-order valence-electron chi connectivity index (χ1n) is 17.8. The molecule has 2 N–H and O–H groups in total. The maximum Gasteiger partial charge on any atom is 0.347 e. The van der Waals surface area contributed by atoms with Gasteiger partial charge in [-0.05, 0) is 62.2 Å². The minimum absolute atomic E-state index is 0. The molecular formula is C37H48Cl2F2N8O4. The minimum atomic E-state index is -0.682. The molecule has 288 valence electrons. The van der Waals surface area contributed by atoms with Gasteiger partial charge in [0.15, 0.2) is 12.5 Å². The molecule has 0 bridgehead atoms. The Bertz CT molecular complexity index is 1830. The normalized spacial score (nSPS) is 23.9. The molecule has 0 radical (unpaired) electrons. The third-order valence-electron chi connectivity index (χ3n) is 10.5. The molecule has 1 unspecified atom stereocenters. The van der Waals surface area contributed by atoms with Crippen molar-refractivity contribution >= 4 is 30.1 Å². The number of aliphatic hydroxyl groups excluding tert-OH is 1. The van der Waals surface area contributed by atoms with Crippen LogP contribution in [0.5, 0.6) is 5.75 Å². The van der Waals surface area contributed by atoms with Crippen molar-refractivity contribution in [2.24, 2.45) is 5.92 Å². The van der Waals surface area contributed by atoms with Gasteiger partial charge in [0, 0.05) is 50.3 Å². The lowest BCUT2D eigenvalue weighted by Gasteiger charge is -2.47. The summed E-state index contributed by atoms with van der Waals surface area (Å²) in [6.07, 6.45) is 13.1. The SMILES string of the molecule is CC[C@@H]([C@H](C)O)n1ncn(C2(N3CCN(c4ccc(OC[C@H]5CO[C@@H](C[N+]6=CNN(c7ccc(F)cc7F)C6)C5)cc4)CC3)C=CC=CC2)c1=O.Cl.[Cl-]. The fourth-order valence-corrected chi connectivity index (χ4v) is 7.67. The van der Waals surface area contributed by atoms with Crippen molar-refractivity contribution in [3.8, 4) is 5.75 Å². The zero-order chi connectivity index (χ0) is 35.5. The molecule has 0 amide bonds. The summed E-state index contributed by atoms with van der Waals surface area (Å²) in [5.41, 5.74) is 3.59. The van der Waals surface area contributed by atoms with E-state index in [1.54, 1.807) is 29.2 Å². The van der Waals surface area contributed by atoms with Crippen molar-refractivity contribution in [3.05, 3.63) is 95.2 Å². The Labute approximate surface area is 320 Å². The van der Waals surface area contributed by atoms with Gasteiger partial charge in [-0.2, -0.15) is 15.5 Å². The lowest BCUT2D eigenvalue weighted by molar-refractivity contribution is -0.524. The fourth-order valence-electron chi connectivity index (χ4n) is 7.67. The summed E-state index contributed by atoms with van der Waals surface area (Å²) in [4.78, 5) is 18.4. The molecule has 0 spiro atoms. The molecule has 2 saturated heterocycles. The number of halogens is 4. The van der Waals surface area contributed by atoms with Gasteiger partial charge in [-0.15, -0.1) is 12.4 Å². The Kier molecular flexibility index (Phi) is 13.3. The van der Waals surface area contributed by atoms with E-state index in [1.807, 2.05) is 35.8 Å². The van der Waals surface area contributed by atoms with E-state index in [0.717, 1.165) is 50.1 Å². The van der Waals surface area contributed by atoms with Crippen LogP contribution in [0.15, 0.2) is 77.9 Å². The van der Waals surface area contributed by atoms with Gasteiger partial charge in [-0.25, -0.2) is 22.8 Å². The number of hydrogen-bond acceptors (Lipinski definition) is 9. The van der Waals surface area contributed by atoms with Crippen LogP contribution in [-0.4, -0.2) is 100 Å². The highest BCUT2D eigenvalue weighted by Crippen LogP contribution is 2.33. The molecule has 3 aromatic rings. The van der Waals surface area contributed by atoms with Gasteiger partial charge >= 0.3 is 5.69 Å². The summed E-state index contributed by atoms with van der Waals surface area (Å²) in [6, 6.07) is 11.4. The maximum atomic E-state index is 14.2. The van der Waals surface area contributed by atoms with Crippen LogP contribution in [0.4, 0.5) is 20.2 Å². The lowest BCUT2D eigenvalue weighted by Crippen LogP contribution is -3.00. The van der Waals surface area contributed by atoms with Gasteiger partial charge < -0.3 is 31.9 Å². The molecule has 0 saturated carbocycles. The molecule has 1 aliphatic carbocycles. The molecule has 16 heteroatoms. The van der Waals surface area contributed by atoms with E-state index < -0.39 is 23.4 Å². The number of ether oxygens (including phenoxy) is 2. The molecule has 4 aliphatic rings. The van der Waals surface area contributed by atoms with Crippen LogP contribution in [0.25, 0.3) is 0 Å². The first-order valence-corrected chi connectivity index (χ1v) is 17.8. The average molecular weight is 778 g/mol. The Morgan fingerprint density at radius 3 is 2.58 bits per heavy atom. The quantitative estimate of drug-likeness (QED) is 0.260. The Morgan fingerprint density at radius 2 is 1.91 bits per heavy atom. The summed E-state index contributed by atoms with van der Waals surface area (Å²) in [5, 5.41) is 16.4. The van der Waals surface area contributed by atoms with E-state index in [2.05, 4.69) is 44.6 Å². The van der Waals surface area contributed by atoms with Gasteiger partial charge in [0.05, 0.1) is 31.5 Å². The lowest BCUT2D eigenvalue weighted by atomic mass is 9.97. The van der Waals surface area contributed by atoms with Crippen LogP contribution in [0.3, 0.4) is 0 Å². The second-order valence-electron chi connectivity index (χ2n) is 13.8. The number of nitrogens with one attached hydrogen (secondary N) is 1. The molecule has 2 aromatic carbocycles. The highest BCUT2D eigenvalue weighted by molar-refractivity contribution is 5.85. The predicted molar refractivity (Wildman–Crippen MR) is 197 cm³/mol. The molecule has 1 aromatic heterocycles. The van der Waals surface area contributed by atoms with Crippen LogP contribution in [0.2, 0.25) is 0 Å². The number of hydrogen-bond donors (Lipinski definition) is 2. The van der Waals surface area contributed by atoms with Crippen molar-refractivity contribution in [2.75, 3.05) is 62.5 Å². The number of benzene rings is 2. The van der Waals surface area contributed by atoms with Gasteiger partial charge in [-0.1, -0.05) is 25.2 Å². The van der Waals surface area contributed by atoms with Crippen molar-refractivity contribution < 1.29 is 40.3 Å². The van der Waals surface area contributed by atoms with E-state index in [9.17, 15) is 18.7 Å². The smallest absolute Gasteiger partial charge is 0.347 e. The Balaban J connectivity index is 0.00000271. The fraction of sp³-hybridized carbons (Fsp3) is 0.486. The van der Waals surface area contributed by atoms with Gasteiger partial charge in [0.1, 0.15) is 35.8 Å². The second-order valence-corrected chi connectivity index (χ2v) is 13.8. The second kappa shape index (κ2) is 17.5. The zero-order valence-electron chi connectivity index (χ0n) is 29.9. The number of rotatable bonds is 12. The number of aliphatic hydroxyl groups is 1. The number of anilines is 2. The average Bonchev–Trinajstić information content (AvgIpc) is 3.89. The summed E-state index contributed by atoms with van der Waals surface area (Å²) in [7, 11) is 0. The number of piperazine rings is 1. The molecule has 12 nitrogen and oxygen atoms in total. The summed E-state index contributed by atoms with van der Waals surface area (Å²) in [5.74, 6) is -0.137. The van der Waals surface area contributed by atoms with Gasteiger partial charge in [0.25, 0.3) is 6.34 Å². The van der Waals surface area contributed by atoms with E-state index in [1.165, 1.54) is 16.8 Å². The van der Waals surface area contributed by atoms with Crippen LogP contribution >= 0.6 is 12.4 Å². The van der Waals surface area contributed by atoms with Crippen molar-refractivity contribution in [3.63, 3.8) is 0 Å².